The molecular formula is C16H17F2N3O3. The second kappa shape index (κ2) is 6.35. The van der Waals surface area contributed by atoms with Gasteiger partial charge in [-0.3, -0.25) is 0 Å². The normalized spacial score (nSPS) is 21.3. The van der Waals surface area contributed by atoms with Crippen LogP contribution in [-0.2, 0) is 4.74 Å². The number of halogens is 2. The number of morpholine rings is 1. The van der Waals surface area contributed by atoms with E-state index >= 15 is 0 Å². The summed E-state index contributed by atoms with van der Waals surface area (Å²) in [5, 5.41) is 8.23. The van der Waals surface area contributed by atoms with E-state index in [4.69, 9.17) is 9.15 Å². The van der Waals surface area contributed by atoms with Gasteiger partial charge in [-0.15, -0.1) is 5.10 Å². The van der Waals surface area contributed by atoms with Gasteiger partial charge in [0.1, 0.15) is 11.9 Å². The van der Waals surface area contributed by atoms with Crippen molar-refractivity contribution in [2.75, 3.05) is 24.6 Å². The van der Waals surface area contributed by atoms with Gasteiger partial charge in [-0.1, -0.05) is 17.2 Å². The molecule has 0 bridgehead atoms. The van der Waals surface area contributed by atoms with Gasteiger partial charge in [0.25, 0.3) is 0 Å². The van der Waals surface area contributed by atoms with Crippen LogP contribution in [0.25, 0.3) is 0 Å². The summed E-state index contributed by atoms with van der Waals surface area (Å²) in [7, 11) is 0. The Morgan fingerprint density at radius 2 is 1.96 bits per heavy atom. The van der Waals surface area contributed by atoms with Crippen molar-refractivity contribution in [2.45, 2.75) is 31.5 Å². The maximum Gasteiger partial charge on any atom is 0.387 e. The van der Waals surface area contributed by atoms with Gasteiger partial charge < -0.3 is 18.8 Å². The van der Waals surface area contributed by atoms with E-state index in [9.17, 15) is 8.78 Å². The molecule has 1 atom stereocenters. The highest BCUT2D eigenvalue weighted by molar-refractivity contribution is 5.32. The summed E-state index contributed by atoms with van der Waals surface area (Å²) in [5.41, 5.74) is 0.892. The molecule has 2 heterocycles. The predicted octanol–water partition coefficient (Wildman–Crippen LogP) is 3.13. The Balaban J connectivity index is 1.43. The number of benzene rings is 1. The quantitative estimate of drug-likeness (QED) is 0.835. The van der Waals surface area contributed by atoms with Crippen molar-refractivity contribution in [3.8, 4) is 5.75 Å². The van der Waals surface area contributed by atoms with Crippen molar-refractivity contribution in [1.82, 2.24) is 10.2 Å². The van der Waals surface area contributed by atoms with Crippen molar-refractivity contribution in [3.05, 3.63) is 35.7 Å². The zero-order valence-corrected chi connectivity index (χ0v) is 12.9. The van der Waals surface area contributed by atoms with E-state index < -0.39 is 6.61 Å². The fraction of sp³-hybridized carbons (Fsp3) is 0.500. The summed E-state index contributed by atoms with van der Waals surface area (Å²) in [6, 6.07) is 7.01. The van der Waals surface area contributed by atoms with Crippen LogP contribution in [0.3, 0.4) is 0 Å². The standard InChI is InChI=1S/C16H17F2N3O3/c17-15(18)23-12-5-3-10(4-6-12)13-9-21(7-8-22-13)16-20-19-14(24-16)11-1-2-11/h3-6,11,13,15H,1-2,7-9H2. The molecule has 1 aliphatic carbocycles. The number of hydrogen-bond donors (Lipinski definition) is 0. The summed E-state index contributed by atoms with van der Waals surface area (Å²) < 4.78 is 40.3. The molecule has 0 radical (unpaired) electrons. The Morgan fingerprint density at radius 1 is 1.17 bits per heavy atom. The highest BCUT2D eigenvalue weighted by atomic mass is 19.3. The van der Waals surface area contributed by atoms with E-state index in [2.05, 4.69) is 14.9 Å². The highest BCUT2D eigenvalue weighted by Crippen LogP contribution is 2.40. The Labute approximate surface area is 137 Å². The largest absolute Gasteiger partial charge is 0.435 e. The molecule has 2 aliphatic rings. The summed E-state index contributed by atoms with van der Waals surface area (Å²) >= 11 is 0. The molecule has 2 aromatic rings. The Kier molecular flexibility index (Phi) is 4.05. The minimum absolute atomic E-state index is 0.132. The molecule has 24 heavy (non-hydrogen) atoms. The first-order valence-electron chi connectivity index (χ1n) is 7.94. The van der Waals surface area contributed by atoms with Gasteiger partial charge in [-0.05, 0) is 30.5 Å². The second-order valence-electron chi connectivity index (χ2n) is 5.95. The van der Waals surface area contributed by atoms with Gasteiger partial charge in [0.2, 0.25) is 5.89 Å². The van der Waals surface area contributed by atoms with Crippen molar-refractivity contribution < 1.29 is 22.7 Å². The number of alkyl halides is 2. The van der Waals surface area contributed by atoms with Crippen LogP contribution in [0.15, 0.2) is 28.7 Å². The highest BCUT2D eigenvalue weighted by Gasteiger charge is 2.31. The molecule has 2 fully saturated rings. The molecule has 1 unspecified atom stereocenters. The number of ether oxygens (including phenoxy) is 2. The Morgan fingerprint density at radius 3 is 2.67 bits per heavy atom. The maximum absolute atomic E-state index is 12.2. The summed E-state index contributed by atoms with van der Waals surface area (Å²) in [6.07, 6.45) is 2.04. The van der Waals surface area contributed by atoms with Crippen LogP contribution in [0.2, 0.25) is 0 Å². The molecule has 0 N–H and O–H groups in total. The van der Waals surface area contributed by atoms with Crippen LogP contribution >= 0.6 is 0 Å². The third-order valence-corrected chi connectivity index (χ3v) is 4.17. The number of aromatic nitrogens is 2. The van der Waals surface area contributed by atoms with Crippen LogP contribution in [-0.4, -0.2) is 36.5 Å². The second-order valence-corrected chi connectivity index (χ2v) is 5.95. The Bertz CT molecular complexity index is 688. The van der Waals surface area contributed by atoms with Gasteiger partial charge in [0, 0.05) is 12.5 Å². The first kappa shape index (κ1) is 15.3. The lowest BCUT2D eigenvalue weighted by Crippen LogP contribution is -2.38. The molecule has 1 aliphatic heterocycles. The first-order valence-corrected chi connectivity index (χ1v) is 7.94. The lowest BCUT2D eigenvalue weighted by Gasteiger charge is -2.31. The van der Waals surface area contributed by atoms with E-state index in [1.807, 2.05) is 4.90 Å². The van der Waals surface area contributed by atoms with Crippen LogP contribution in [0.1, 0.15) is 36.3 Å². The zero-order chi connectivity index (χ0) is 16.5. The molecule has 1 aromatic carbocycles. The molecule has 1 aromatic heterocycles. The van der Waals surface area contributed by atoms with Crippen LogP contribution in [0, 0.1) is 0 Å². The lowest BCUT2D eigenvalue weighted by molar-refractivity contribution is -0.0498. The van der Waals surface area contributed by atoms with E-state index in [1.165, 1.54) is 12.1 Å². The van der Waals surface area contributed by atoms with Crippen molar-refractivity contribution >= 4 is 6.01 Å². The van der Waals surface area contributed by atoms with Crippen molar-refractivity contribution in [3.63, 3.8) is 0 Å². The fourth-order valence-corrected chi connectivity index (χ4v) is 2.74. The van der Waals surface area contributed by atoms with Crippen LogP contribution < -0.4 is 9.64 Å². The average molecular weight is 337 g/mol. The minimum Gasteiger partial charge on any atom is -0.435 e. The predicted molar refractivity (Wildman–Crippen MR) is 80.3 cm³/mol. The molecule has 4 rings (SSSR count). The van der Waals surface area contributed by atoms with Crippen LogP contribution in [0.5, 0.6) is 5.75 Å². The SMILES string of the molecule is FC(F)Oc1ccc(C2CN(c3nnc(C4CC4)o3)CCO2)cc1. The summed E-state index contributed by atoms with van der Waals surface area (Å²) in [5.74, 6) is 1.26. The van der Waals surface area contributed by atoms with E-state index in [1.54, 1.807) is 12.1 Å². The van der Waals surface area contributed by atoms with Gasteiger partial charge in [0.15, 0.2) is 0 Å². The van der Waals surface area contributed by atoms with Crippen molar-refractivity contribution in [1.29, 1.82) is 0 Å². The molecule has 1 saturated heterocycles. The van der Waals surface area contributed by atoms with Crippen LogP contribution in [0.4, 0.5) is 14.8 Å². The maximum atomic E-state index is 12.2. The smallest absolute Gasteiger partial charge is 0.387 e. The first-order chi connectivity index (χ1) is 11.7. The molecule has 1 saturated carbocycles. The van der Waals surface area contributed by atoms with Gasteiger partial charge in [0.05, 0.1) is 13.2 Å². The summed E-state index contributed by atoms with van der Waals surface area (Å²) in [4.78, 5) is 2.00. The monoisotopic (exact) mass is 337 g/mol. The lowest BCUT2D eigenvalue weighted by atomic mass is 10.1. The zero-order valence-electron chi connectivity index (χ0n) is 12.9. The number of nitrogens with zero attached hydrogens (tertiary/aromatic N) is 3. The van der Waals surface area contributed by atoms with Gasteiger partial charge >= 0.3 is 12.6 Å². The van der Waals surface area contributed by atoms with E-state index in [-0.39, 0.29) is 11.9 Å². The Hall–Kier alpha value is -2.22. The number of rotatable bonds is 5. The average Bonchev–Trinajstić information content (AvgIpc) is 3.32. The topological polar surface area (TPSA) is 60.6 Å². The minimum atomic E-state index is -2.82. The molecule has 0 spiro atoms. The third kappa shape index (κ3) is 3.33. The van der Waals surface area contributed by atoms with E-state index in [0.717, 1.165) is 18.4 Å². The molecule has 8 heteroatoms. The number of hydrogen-bond acceptors (Lipinski definition) is 6. The number of anilines is 1. The summed E-state index contributed by atoms with van der Waals surface area (Å²) in [6.45, 7) is -1.05. The third-order valence-electron chi connectivity index (χ3n) is 4.17. The van der Waals surface area contributed by atoms with Gasteiger partial charge in [-0.2, -0.15) is 8.78 Å². The molecule has 0 amide bonds. The molecular weight excluding hydrogens is 320 g/mol. The van der Waals surface area contributed by atoms with Crippen molar-refractivity contribution in [2.24, 2.45) is 0 Å². The van der Waals surface area contributed by atoms with Gasteiger partial charge in [-0.25, -0.2) is 0 Å². The fourth-order valence-electron chi connectivity index (χ4n) is 2.74. The molecule has 6 nitrogen and oxygen atoms in total. The van der Waals surface area contributed by atoms with E-state index in [0.29, 0.717) is 37.5 Å². The molecule has 128 valence electrons.